The number of nitrogens with one attached hydrogen (secondary N) is 1. The third kappa shape index (κ3) is 3.75. The van der Waals surface area contributed by atoms with Crippen LogP contribution >= 0.6 is 11.8 Å². The molecule has 1 fully saturated rings. The number of benzene rings is 1. The Balaban J connectivity index is 2.09. The molecule has 7 heteroatoms. The summed E-state index contributed by atoms with van der Waals surface area (Å²) in [7, 11) is 1.29. The monoisotopic (exact) mass is 308 g/mol. The molecular formula is C14H16N2O4S. The maximum absolute atomic E-state index is 12.0. The van der Waals surface area contributed by atoms with E-state index in [-0.39, 0.29) is 18.4 Å². The van der Waals surface area contributed by atoms with Crippen LogP contribution in [0.5, 0.6) is 0 Å². The van der Waals surface area contributed by atoms with Gasteiger partial charge in [0.15, 0.2) is 0 Å². The maximum atomic E-state index is 12.0. The van der Waals surface area contributed by atoms with Crippen molar-refractivity contribution in [2.24, 2.45) is 0 Å². The smallest absolute Gasteiger partial charge is 0.339 e. The number of ether oxygens (including phenoxy) is 1. The number of methoxy groups -OCH3 is 1. The van der Waals surface area contributed by atoms with Crippen molar-refractivity contribution in [3.8, 4) is 0 Å². The van der Waals surface area contributed by atoms with Gasteiger partial charge in [0.2, 0.25) is 11.8 Å². The van der Waals surface area contributed by atoms with E-state index in [1.54, 1.807) is 18.2 Å². The van der Waals surface area contributed by atoms with Crippen LogP contribution in [0.2, 0.25) is 0 Å². The molecule has 0 bridgehead atoms. The van der Waals surface area contributed by atoms with E-state index in [0.29, 0.717) is 22.9 Å². The highest BCUT2D eigenvalue weighted by molar-refractivity contribution is 8.00. The van der Waals surface area contributed by atoms with E-state index in [1.165, 1.54) is 23.8 Å². The van der Waals surface area contributed by atoms with Gasteiger partial charge in [0, 0.05) is 0 Å². The fraction of sp³-hybridized carbons (Fsp3) is 0.357. The van der Waals surface area contributed by atoms with Crippen molar-refractivity contribution in [2.45, 2.75) is 6.92 Å². The first-order valence-corrected chi connectivity index (χ1v) is 7.51. The highest BCUT2D eigenvalue weighted by Gasteiger charge is 2.23. The van der Waals surface area contributed by atoms with Gasteiger partial charge in [-0.3, -0.25) is 9.59 Å². The number of carbonyl (C=O) groups excluding carboxylic acids is 3. The summed E-state index contributed by atoms with van der Waals surface area (Å²) in [5.41, 5.74) is 1.57. The van der Waals surface area contributed by atoms with Gasteiger partial charge in [-0.15, -0.1) is 11.8 Å². The van der Waals surface area contributed by atoms with E-state index in [9.17, 15) is 14.4 Å². The largest absolute Gasteiger partial charge is 0.465 e. The van der Waals surface area contributed by atoms with Crippen LogP contribution in [0, 0.1) is 6.92 Å². The molecule has 0 spiro atoms. The maximum Gasteiger partial charge on any atom is 0.339 e. The molecule has 0 aliphatic carbocycles. The van der Waals surface area contributed by atoms with Gasteiger partial charge < -0.3 is 15.0 Å². The molecule has 2 rings (SSSR count). The Kier molecular flexibility index (Phi) is 4.85. The van der Waals surface area contributed by atoms with Crippen LogP contribution in [0.4, 0.5) is 5.69 Å². The molecule has 0 radical (unpaired) electrons. The topological polar surface area (TPSA) is 75.7 Å². The van der Waals surface area contributed by atoms with E-state index in [2.05, 4.69) is 5.32 Å². The average molecular weight is 308 g/mol. The lowest BCUT2D eigenvalue weighted by Crippen LogP contribution is -2.34. The first kappa shape index (κ1) is 15.4. The Morgan fingerprint density at radius 3 is 2.81 bits per heavy atom. The third-order valence-electron chi connectivity index (χ3n) is 3.01. The summed E-state index contributed by atoms with van der Waals surface area (Å²) < 4.78 is 4.71. The van der Waals surface area contributed by atoms with E-state index < -0.39 is 5.97 Å². The molecule has 0 aromatic heterocycles. The molecule has 1 aliphatic heterocycles. The molecule has 1 aliphatic rings. The Morgan fingerprint density at radius 1 is 1.43 bits per heavy atom. The van der Waals surface area contributed by atoms with Gasteiger partial charge in [-0.05, 0) is 19.1 Å². The molecule has 1 heterocycles. The highest BCUT2D eigenvalue weighted by Crippen LogP contribution is 2.19. The zero-order valence-corrected chi connectivity index (χ0v) is 12.7. The van der Waals surface area contributed by atoms with Crippen molar-refractivity contribution in [3.63, 3.8) is 0 Å². The van der Waals surface area contributed by atoms with Crippen LogP contribution in [0.3, 0.4) is 0 Å². The van der Waals surface area contributed by atoms with Crippen LogP contribution in [0.25, 0.3) is 0 Å². The lowest BCUT2D eigenvalue weighted by atomic mass is 10.1. The summed E-state index contributed by atoms with van der Waals surface area (Å²) in [6.45, 7) is 1.83. The first-order valence-electron chi connectivity index (χ1n) is 6.35. The minimum Gasteiger partial charge on any atom is -0.465 e. The molecule has 1 N–H and O–H groups in total. The fourth-order valence-electron chi connectivity index (χ4n) is 1.95. The number of rotatable bonds is 4. The molecule has 112 valence electrons. The highest BCUT2D eigenvalue weighted by atomic mass is 32.2. The number of nitrogens with zero attached hydrogens (tertiary/aromatic N) is 1. The predicted octanol–water partition coefficient (Wildman–Crippen LogP) is 1.25. The van der Waals surface area contributed by atoms with Crippen LogP contribution in [0.15, 0.2) is 18.2 Å². The van der Waals surface area contributed by atoms with Gasteiger partial charge in [-0.2, -0.15) is 0 Å². The zero-order valence-electron chi connectivity index (χ0n) is 11.8. The Morgan fingerprint density at radius 2 is 2.19 bits per heavy atom. The van der Waals surface area contributed by atoms with E-state index in [4.69, 9.17) is 4.74 Å². The van der Waals surface area contributed by atoms with Crippen LogP contribution in [0.1, 0.15) is 15.9 Å². The number of aryl methyl sites for hydroxylation is 1. The lowest BCUT2D eigenvalue weighted by molar-refractivity contribution is -0.130. The molecule has 2 amide bonds. The van der Waals surface area contributed by atoms with Crippen LogP contribution in [-0.4, -0.2) is 48.0 Å². The van der Waals surface area contributed by atoms with Gasteiger partial charge in [-0.1, -0.05) is 11.6 Å². The summed E-state index contributed by atoms with van der Waals surface area (Å²) in [5, 5.41) is 2.66. The standard InChI is InChI=1S/C14H16N2O4S/c1-9-3-4-11(10(5-9)14(19)20-2)15-12(17)6-16-8-21-7-13(16)18/h3-5H,6-8H2,1-2H3,(H,15,17). The van der Waals surface area contributed by atoms with Crippen LogP contribution < -0.4 is 5.32 Å². The Hall–Kier alpha value is -2.02. The minimum absolute atomic E-state index is 0.0136. The first-order chi connectivity index (χ1) is 10.0. The van der Waals surface area contributed by atoms with Crippen molar-refractivity contribution < 1.29 is 19.1 Å². The van der Waals surface area contributed by atoms with Gasteiger partial charge in [0.05, 0.1) is 30.0 Å². The fourth-order valence-corrected chi connectivity index (χ4v) is 2.85. The second kappa shape index (κ2) is 6.62. The SMILES string of the molecule is COC(=O)c1cc(C)ccc1NC(=O)CN1CSCC1=O. The predicted molar refractivity (Wildman–Crippen MR) is 80.2 cm³/mol. The van der Waals surface area contributed by atoms with E-state index in [0.717, 1.165) is 5.56 Å². The van der Waals surface area contributed by atoms with Crippen molar-refractivity contribution >= 4 is 35.2 Å². The quantitative estimate of drug-likeness (QED) is 0.847. The molecule has 0 unspecified atom stereocenters. The van der Waals surface area contributed by atoms with Crippen LogP contribution in [-0.2, 0) is 14.3 Å². The third-order valence-corrected chi connectivity index (χ3v) is 3.96. The number of hydrogen-bond acceptors (Lipinski definition) is 5. The van der Waals surface area contributed by atoms with Gasteiger partial charge in [0.25, 0.3) is 0 Å². The summed E-state index contributed by atoms with van der Waals surface area (Å²) in [6.07, 6.45) is 0. The van der Waals surface area contributed by atoms with E-state index >= 15 is 0 Å². The zero-order chi connectivity index (χ0) is 15.4. The summed E-state index contributed by atoms with van der Waals surface area (Å²) >= 11 is 1.47. The second-order valence-corrected chi connectivity index (χ2v) is 5.61. The van der Waals surface area contributed by atoms with Gasteiger partial charge >= 0.3 is 5.97 Å². The molecule has 6 nitrogen and oxygen atoms in total. The molecule has 1 saturated heterocycles. The molecule has 1 aromatic carbocycles. The van der Waals surface area contributed by atoms with E-state index in [1.807, 2.05) is 6.92 Å². The summed E-state index contributed by atoms with van der Waals surface area (Å²) in [5.74, 6) is 0.0313. The molecule has 0 atom stereocenters. The molecule has 0 saturated carbocycles. The molecule has 1 aromatic rings. The number of amides is 2. The second-order valence-electron chi connectivity index (χ2n) is 4.66. The normalized spacial score (nSPS) is 14.2. The number of anilines is 1. The number of esters is 1. The average Bonchev–Trinajstić information content (AvgIpc) is 2.85. The number of hydrogen-bond donors (Lipinski definition) is 1. The molecule has 21 heavy (non-hydrogen) atoms. The van der Waals surface area contributed by atoms with Crippen molar-refractivity contribution in [1.29, 1.82) is 0 Å². The van der Waals surface area contributed by atoms with Crippen molar-refractivity contribution in [3.05, 3.63) is 29.3 Å². The van der Waals surface area contributed by atoms with Crippen molar-refractivity contribution in [1.82, 2.24) is 4.90 Å². The Bertz CT molecular complexity index is 588. The minimum atomic E-state index is -0.512. The number of carbonyl (C=O) groups is 3. The summed E-state index contributed by atoms with van der Waals surface area (Å²) in [6, 6.07) is 5.09. The molecular weight excluding hydrogens is 292 g/mol. The van der Waals surface area contributed by atoms with Gasteiger partial charge in [0.1, 0.15) is 6.54 Å². The summed E-state index contributed by atoms with van der Waals surface area (Å²) in [4.78, 5) is 36.7. The lowest BCUT2D eigenvalue weighted by Gasteiger charge is -2.15. The Labute approximate surface area is 126 Å². The van der Waals surface area contributed by atoms with Crippen molar-refractivity contribution in [2.75, 3.05) is 30.6 Å². The van der Waals surface area contributed by atoms with Gasteiger partial charge in [-0.25, -0.2) is 4.79 Å². The number of thioether (sulfide) groups is 1.